The van der Waals surface area contributed by atoms with Crippen LogP contribution in [0, 0.1) is 6.92 Å². The molecule has 1 atom stereocenters. The molecule has 0 saturated carbocycles. The minimum atomic E-state index is 0.480. The van der Waals surface area contributed by atoms with Crippen LogP contribution in [0.2, 0.25) is 0 Å². The van der Waals surface area contributed by atoms with Crippen molar-refractivity contribution < 1.29 is 0 Å². The van der Waals surface area contributed by atoms with Crippen molar-refractivity contribution in [2.75, 3.05) is 24.5 Å². The zero-order valence-corrected chi connectivity index (χ0v) is 15.9. The van der Waals surface area contributed by atoms with Gasteiger partial charge in [0, 0.05) is 62.1 Å². The van der Waals surface area contributed by atoms with Crippen molar-refractivity contribution in [3.63, 3.8) is 0 Å². The Bertz CT molecular complexity index is 879. The molecule has 0 amide bonds. The van der Waals surface area contributed by atoms with Crippen LogP contribution < -0.4 is 4.90 Å². The third kappa shape index (κ3) is 3.98. The van der Waals surface area contributed by atoms with E-state index in [0.29, 0.717) is 11.9 Å². The van der Waals surface area contributed by atoms with Crippen LogP contribution in [0.25, 0.3) is 11.5 Å². The summed E-state index contributed by atoms with van der Waals surface area (Å²) in [5.74, 6) is 0.678. The number of piperazine rings is 1. The van der Waals surface area contributed by atoms with Gasteiger partial charge in [0.15, 0.2) is 5.82 Å². The molecular formula is C22H25N5. The van der Waals surface area contributed by atoms with E-state index in [0.717, 1.165) is 37.4 Å². The Balaban J connectivity index is 1.40. The normalized spacial score (nSPS) is 17.9. The molecule has 0 spiro atoms. The average molecular weight is 359 g/mol. The van der Waals surface area contributed by atoms with Crippen molar-refractivity contribution >= 4 is 5.69 Å². The summed E-state index contributed by atoms with van der Waals surface area (Å²) in [5, 5.41) is 0. The zero-order chi connectivity index (χ0) is 18.6. The van der Waals surface area contributed by atoms with Gasteiger partial charge in [0.25, 0.3) is 0 Å². The van der Waals surface area contributed by atoms with Gasteiger partial charge in [-0.3, -0.25) is 9.88 Å². The van der Waals surface area contributed by atoms with Crippen molar-refractivity contribution in [3.8, 4) is 11.5 Å². The lowest BCUT2D eigenvalue weighted by Gasteiger charge is -2.41. The highest BCUT2D eigenvalue weighted by Gasteiger charge is 2.24. The third-order valence-corrected chi connectivity index (χ3v) is 5.21. The van der Waals surface area contributed by atoms with Gasteiger partial charge >= 0.3 is 0 Å². The van der Waals surface area contributed by atoms with Crippen LogP contribution in [-0.2, 0) is 6.54 Å². The fraction of sp³-hybridized carbons (Fsp3) is 0.318. The van der Waals surface area contributed by atoms with Gasteiger partial charge in [-0.2, -0.15) is 0 Å². The quantitative estimate of drug-likeness (QED) is 0.713. The lowest BCUT2D eigenvalue weighted by molar-refractivity contribution is 0.180. The second-order valence-corrected chi connectivity index (χ2v) is 7.18. The van der Waals surface area contributed by atoms with Gasteiger partial charge in [-0.1, -0.05) is 24.3 Å². The first kappa shape index (κ1) is 17.6. The predicted molar refractivity (Wildman–Crippen MR) is 109 cm³/mol. The summed E-state index contributed by atoms with van der Waals surface area (Å²) in [7, 11) is 0. The minimum Gasteiger partial charge on any atom is -0.368 e. The van der Waals surface area contributed by atoms with Crippen LogP contribution in [0.15, 0.2) is 61.1 Å². The largest absolute Gasteiger partial charge is 0.368 e. The average Bonchev–Trinajstić information content (AvgIpc) is 2.71. The molecule has 0 bridgehead atoms. The summed E-state index contributed by atoms with van der Waals surface area (Å²) in [6.45, 7) is 8.49. The van der Waals surface area contributed by atoms with Crippen molar-refractivity contribution in [2.24, 2.45) is 0 Å². The smallest absolute Gasteiger partial charge is 0.178 e. The van der Waals surface area contributed by atoms with Crippen LogP contribution in [0.3, 0.4) is 0 Å². The molecule has 5 heteroatoms. The van der Waals surface area contributed by atoms with Gasteiger partial charge < -0.3 is 4.90 Å². The van der Waals surface area contributed by atoms with E-state index in [4.69, 9.17) is 0 Å². The predicted octanol–water partition coefficient (Wildman–Crippen LogP) is 3.56. The summed E-state index contributed by atoms with van der Waals surface area (Å²) in [4.78, 5) is 18.3. The maximum Gasteiger partial charge on any atom is 0.178 e. The standard InChI is InChI=1S/C22H25N5/c1-17-7-3-4-9-21(17)27-12-11-26(18(2)15-27)16-19-13-24-22(25-14-19)20-8-5-6-10-23-20/h3-10,13-14,18H,11-12,15-16H2,1-2H3. The number of hydrogen-bond acceptors (Lipinski definition) is 5. The molecule has 1 aliphatic rings. The van der Waals surface area contributed by atoms with Gasteiger partial charge in [-0.25, -0.2) is 9.97 Å². The van der Waals surface area contributed by atoms with Gasteiger partial charge in [0.2, 0.25) is 0 Å². The second kappa shape index (κ2) is 7.84. The molecular weight excluding hydrogens is 334 g/mol. The maximum absolute atomic E-state index is 4.50. The van der Waals surface area contributed by atoms with Crippen LogP contribution in [0.1, 0.15) is 18.1 Å². The molecule has 1 unspecified atom stereocenters. The monoisotopic (exact) mass is 359 g/mol. The number of nitrogens with zero attached hydrogens (tertiary/aromatic N) is 5. The highest BCUT2D eigenvalue weighted by molar-refractivity contribution is 5.53. The van der Waals surface area contributed by atoms with E-state index in [1.165, 1.54) is 11.3 Å². The summed E-state index contributed by atoms with van der Waals surface area (Å²) in [5.41, 5.74) is 4.65. The highest BCUT2D eigenvalue weighted by Crippen LogP contribution is 2.23. The fourth-order valence-electron chi connectivity index (χ4n) is 3.67. The summed E-state index contributed by atoms with van der Waals surface area (Å²) >= 11 is 0. The summed E-state index contributed by atoms with van der Waals surface area (Å²) in [6, 6.07) is 14.9. The van der Waals surface area contributed by atoms with E-state index >= 15 is 0 Å². The Morgan fingerprint density at radius 1 is 0.963 bits per heavy atom. The lowest BCUT2D eigenvalue weighted by atomic mass is 10.1. The molecule has 0 aliphatic carbocycles. The molecule has 27 heavy (non-hydrogen) atoms. The Morgan fingerprint density at radius 3 is 2.44 bits per heavy atom. The number of pyridine rings is 1. The number of anilines is 1. The third-order valence-electron chi connectivity index (χ3n) is 5.21. The van der Waals surface area contributed by atoms with E-state index in [2.05, 4.69) is 62.9 Å². The first-order chi connectivity index (χ1) is 13.2. The first-order valence-corrected chi connectivity index (χ1v) is 9.47. The second-order valence-electron chi connectivity index (χ2n) is 7.18. The van der Waals surface area contributed by atoms with Crippen molar-refractivity contribution in [2.45, 2.75) is 26.4 Å². The number of hydrogen-bond donors (Lipinski definition) is 0. The van der Waals surface area contributed by atoms with E-state index in [1.807, 2.05) is 30.6 Å². The first-order valence-electron chi connectivity index (χ1n) is 9.47. The number of para-hydroxylation sites is 1. The maximum atomic E-state index is 4.50. The molecule has 0 N–H and O–H groups in total. The van der Waals surface area contributed by atoms with E-state index in [-0.39, 0.29) is 0 Å². The van der Waals surface area contributed by atoms with Gasteiger partial charge in [-0.05, 0) is 37.6 Å². The van der Waals surface area contributed by atoms with Crippen molar-refractivity contribution in [1.82, 2.24) is 19.9 Å². The van der Waals surface area contributed by atoms with Crippen molar-refractivity contribution in [1.29, 1.82) is 0 Å². The SMILES string of the molecule is Cc1ccccc1N1CCN(Cc2cnc(-c3ccccn3)nc2)C(C)C1. The Kier molecular flexibility index (Phi) is 5.12. The number of benzene rings is 1. The lowest BCUT2D eigenvalue weighted by Crippen LogP contribution is -2.51. The van der Waals surface area contributed by atoms with Crippen LogP contribution in [0.4, 0.5) is 5.69 Å². The zero-order valence-electron chi connectivity index (χ0n) is 15.9. The van der Waals surface area contributed by atoms with Gasteiger partial charge in [0.05, 0.1) is 0 Å². The van der Waals surface area contributed by atoms with Gasteiger partial charge in [-0.15, -0.1) is 0 Å². The molecule has 1 aromatic carbocycles. The molecule has 3 heterocycles. The van der Waals surface area contributed by atoms with Crippen LogP contribution >= 0.6 is 0 Å². The highest BCUT2D eigenvalue weighted by atomic mass is 15.3. The topological polar surface area (TPSA) is 45.2 Å². The molecule has 2 aromatic heterocycles. The molecule has 1 fully saturated rings. The molecule has 3 aromatic rings. The van der Waals surface area contributed by atoms with E-state index < -0.39 is 0 Å². The van der Waals surface area contributed by atoms with Crippen LogP contribution in [-0.4, -0.2) is 45.5 Å². The molecule has 1 aliphatic heterocycles. The summed E-state index contributed by atoms with van der Waals surface area (Å²) < 4.78 is 0. The van der Waals surface area contributed by atoms with Gasteiger partial charge in [0.1, 0.15) is 5.69 Å². The number of rotatable bonds is 4. The molecule has 0 radical (unpaired) electrons. The number of aryl methyl sites for hydroxylation is 1. The Morgan fingerprint density at radius 2 is 1.74 bits per heavy atom. The number of aromatic nitrogens is 3. The van der Waals surface area contributed by atoms with E-state index in [1.54, 1.807) is 6.20 Å². The molecule has 4 rings (SSSR count). The summed E-state index contributed by atoms with van der Waals surface area (Å²) in [6.07, 6.45) is 5.62. The fourth-order valence-corrected chi connectivity index (χ4v) is 3.67. The molecule has 1 saturated heterocycles. The Hall–Kier alpha value is -2.79. The molecule has 138 valence electrons. The minimum absolute atomic E-state index is 0.480. The van der Waals surface area contributed by atoms with E-state index in [9.17, 15) is 0 Å². The van der Waals surface area contributed by atoms with Crippen LogP contribution in [0.5, 0.6) is 0 Å². The van der Waals surface area contributed by atoms with Crippen molar-refractivity contribution in [3.05, 3.63) is 72.2 Å². The molecule has 5 nitrogen and oxygen atoms in total. The Labute approximate surface area is 160 Å².